The SMILES string of the molecule is Fc1ccc(N2CCNC(CC(F)(F)F)C2)nc1-c1[nH]nc2ncccc12.[HH]. The maximum atomic E-state index is 14.4. The van der Waals surface area contributed by atoms with Crippen LogP contribution in [-0.2, 0) is 0 Å². The Morgan fingerprint density at radius 2 is 2.11 bits per heavy atom. The van der Waals surface area contributed by atoms with Gasteiger partial charge in [0.1, 0.15) is 11.5 Å². The molecule has 1 aliphatic heterocycles. The molecule has 0 aromatic carbocycles. The molecule has 0 radical (unpaired) electrons. The highest BCUT2D eigenvalue weighted by Crippen LogP contribution is 2.29. The van der Waals surface area contributed by atoms with Crippen LogP contribution in [0.5, 0.6) is 0 Å². The first-order valence-electron chi connectivity index (χ1n) is 8.42. The molecule has 0 amide bonds. The Hall–Kier alpha value is -2.75. The predicted molar refractivity (Wildman–Crippen MR) is 93.9 cm³/mol. The van der Waals surface area contributed by atoms with Crippen LogP contribution in [0.1, 0.15) is 7.85 Å². The molecule has 1 fully saturated rings. The van der Waals surface area contributed by atoms with Crippen molar-refractivity contribution >= 4 is 16.9 Å². The molecule has 10 heteroatoms. The van der Waals surface area contributed by atoms with Gasteiger partial charge in [-0.15, -0.1) is 0 Å². The summed E-state index contributed by atoms with van der Waals surface area (Å²) in [5, 5.41) is 10.3. The summed E-state index contributed by atoms with van der Waals surface area (Å²) in [6.07, 6.45) is -3.59. The van der Waals surface area contributed by atoms with E-state index in [-0.39, 0.29) is 13.7 Å². The number of rotatable bonds is 3. The summed E-state index contributed by atoms with van der Waals surface area (Å²) in [6.45, 7) is 1.02. The fraction of sp³-hybridized carbons (Fsp3) is 0.353. The van der Waals surface area contributed by atoms with Crippen LogP contribution in [0.15, 0.2) is 30.5 Å². The lowest BCUT2D eigenvalue weighted by atomic mass is 10.1. The monoisotopic (exact) mass is 382 g/mol. The average Bonchev–Trinajstić information content (AvgIpc) is 3.05. The predicted octanol–water partition coefficient (Wildman–Crippen LogP) is 3.14. The fourth-order valence-corrected chi connectivity index (χ4v) is 3.26. The first-order valence-corrected chi connectivity index (χ1v) is 8.42. The lowest BCUT2D eigenvalue weighted by molar-refractivity contribution is -0.139. The van der Waals surface area contributed by atoms with Crippen molar-refractivity contribution in [1.82, 2.24) is 25.5 Å². The number of piperazine rings is 1. The van der Waals surface area contributed by atoms with Crippen molar-refractivity contribution < 1.29 is 19.0 Å². The Morgan fingerprint density at radius 3 is 2.93 bits per heavy atom. The fourth-order valence-electron chi connectivity index (χ4n) is 3.26. The topological polar surface area (TPSA) is 69.7 Å². The molecule has 6 nitrogen and oxygen atoms in total. The van der Waals surface area contributed by atoms with Crippen molar-refractivity contribution in [3.05, 3.63) is 36.3 Å². The summed E-state index contributed by atoms with van der Waals surface area (Å²) in [5.41, 5.74) is 0.889. The zero-order valence-corrected chi connectivity index (χ0v) is 14.1. The van der Waals surface area contributed by atoms with Gasteiger partial charge >= 0.3 is 6.18 Å². The number of alkyl halides is 3. The molecule has 4 heterocycles. The van der Waals surface area contributed by atoms with Crippen LogP contribution in [0.4, 0.5) is 23.4 Å². The first-order chi connectivity index (χ1) is 12.9. The number of anilines is 1. The molecular weight excluding hydrogens is 364 g/mol. The van der Waals surface area contributed by atoms with Crippen LogP contribution in [0.25, 0.3) is 22.4 Å². The minimum atomic E-state index is -4.25. The van der Waals surface area contributed by atoms with Gasteiger partial charge in [-0.1, -0.05) is 0 Å². The minimum Gasteiger partial charge on any atom is -0.354 e. The lowest BCUT2D eigenvalue weighted by Crippen LogP contribution is -2.52. The van der Waals surface area contributed by atoms with Crippen molar-refractivity contribution in [3.8, 4) is 11.4 Å². The maximum Gasteiger partial charge on any atom is 0.390 e. The van der Waals surface area contributed by atoms with Crippen LogP contribution < -0.4 is 10.2 Å². The van der Waals surface area contributed by atoms with Gasteiger partial charge < -0.3 is 10.2 Å². The normalized spacial score (nSPS) is 18.2. The van der Waals surface area contributed by atoms with E-state index in [2.05, 4.69) is 25.5 Å². The number of halogens is 4. The van der Waals surface area contributed by atoms with Gasteiger partial charge in [-0.05, 0) is 24.3 Å². The number of fused-ring (bicyclic) bond motifs is 1. The van der Waals surface area contributed by atoms with Crippen LogP contribution in [0.2, 0.25) is 0 Å². The molecule has 0 aliphatic carbocycles. The molecule has 2 N–H and O–H groups in total. The van der Waals surface area contributed by atoms with E-state index in [4.69, 9.17) is 0 Å². The van der Waals surface area contributed by atoms with Crippen LogP contribution in [0, 0.1) is 5.82 Å². The first kappa shape index (κ1) is 17.7. The van der Waals surface area contributed by atoms with Crippen molar-refractivity contribution in [2.24, 2.45) is 0 Å². The van der Waals surface area contributed by atoms with Gasteiger partial charge in [0.25, 0.3) is 0 Å². The number of nitrogens with zero attached hydrogens (tertiary/aromatic N) is 4. The second-order valence-electron chi connectivity index (χ2n) is 6.39. The standard InChI is InChI=1S/C17H16F4N6.H2/c18-12-3-4-13(27-7-6-22-10(9-27)8-17(19,20)21)24-15(12)14-11-2-1-5-23-16(11)26-25-14;/h1-5,10,22H,6-9H2,(H,23,25,26);1H. The third-order valence-electron chi connectivity index (χ3n) is 4.46. The third kappa shape index (κ3) is 3.70. The second-order valence-corrected chi connectivity index (χ2v) is 6.39. The Labute approximate surface area is 153 Å². The molecular formula is C17H18F4N6. The third-order valence-corrected chi connectivity index (χ3v) is 4.46. The molecule has 0 spiro atoms. The lowest BCUT2D eigenvalue weighted by Gasteiger charge is -2.35. The quantitative estimate of drug-likeness (QED) is 0.681. The van der Waals surface area contributed by atoms with Gasteiger partial charge in [0.05, 0.1) is 12.1 Å². The molecule has 4 rings (SSSR count). The number of H-pyrrole nitrogens is 1. The number of aromatic amines is 1. The van der Waals surface area contributed by atoms with Crippen LogP contribution in [0.3, 0.4) is 0 Å². The van der Waals surface area contributed by atoms with Gasteiger partial charge in [-0.3, -0.25) is 5.10 Å². The van der Waals surface area contributed by atoms with Crippen LogP contribution >= 0.6 is 0 Å². The minimum absolute atomic E-state index is 0. The van der Waals surface area contributed by atoms with E-state index in [1.54, 1.807) is 23.2 Å². The zero-order valence-electron chi connectivity index (χ0n) is 14.1. The summed E-state index contributed by atoms with van der Waals surface area (Å²) in [6, 6.07) is 5.47. The summed E-state index contributed by atoms with van der Waals surface area (Å²) >= 11 is 0. The molecule has 144 valence electrons. The van der Waals surface area contributed by atoms with E-state index >= 15 is 0 Å². The molecule has 1 unspecified atom stereocenters. The second kappa shape index (κ2) is 6.76. The van der Waals surface area contributed by atoms with E-state index in [1.807, 2.05) is 0 Å². The van der Waals surface area contributed by atoms with Gasteiger partial charge in [0.2, 0.25) is 0 Å². The van der Waals surface area contributed by atoms with Crippen molar-refractivity contribution in [3.63, 3.8) is 0 Å². The molecule has 1 saturated heterocycles. The molecule has 1 aliphatic rings. The van der Waals surface area contributed by atoms with Crippen molar-refractivity contribution in [1.29, 1.82) is 0 Å². The van der Waals surface area contributed by atoms with Gasteiger partial charge in [-0.2, -0.15) is 18.3 Å². The van der Waals surface area contributed by atoms with Gasteiger partial charge in [0.15, 0.2) is 11.5 Å². The summed E-state index contributed by atoms with van der Waals surface area (Å²) in [5.74, 6) is -0.123. The zero-order chi connectivity index (χ0) is 19.0. The molecule has 3 aromatic rings. The van der Waals surface area contributed by atoms with Crippen molar-refractivity contribution in [2.45, 2.75) is 18.6 Å². The highest BCUT2D eigenvalue weighted by atomic mass is 19.4. The molecule has 1 atom stereocenters. The van der Waals surface area contributed by atoms with Gasteiger partial charge in [0, 0.05) is 38.7 Å². The number of pyridine rings is 2. The smallest absolute Gasteiger partial charge is 0.354 e. The highest BCUT2D eigenvalue weighted by Gasteiger charge is 2.34. The molecule has 27 heavy (non-hydrogen) atoms. The largest absolute Gasteiger partial charge is 0.390 e. The summed E-state index contributed by atoms with van der Waals surface area (Å²) in [7, 11) is 0. The van der Waals surface area contributed by atoms with Crippen LogP contribution in [-0.4, -0.2) is 52.0 Å². The Kier molecular flexibility index (Phi) is 4.42. The number of hydrogen-bond donors (Lipinski definition) is 2. The summed E-state index contributed by atoms with van der Waals surface area (Å²) in [4.78, 5) is 10.2. The maximum absolute atomic E-state index is 14.4. The van der Waals surface area contributed by atoms with Gasteiger partial charge in [-0.25, -0.2) is 14.4 Å². The Bertz CT molecular complexity index is 960. The highest BCUT2D eigenvalue weighted by molar-refractivity contribution is 5.89. The Morgan fingerprint density at radius 1 is 1.26 bits per heavy atom. The molecule has 0 bridgehead atoms. The van der Waals surface area contributed by atoms with E-state index < -0.39 is 24.5 Å². The number of hydrogen-bond acceptors (Lipinski definition) is 5. The summed E-state index contributed by atoms with van der Waals surface area (Å²) < 4.78 is 52.5. The number of aromatic nitrogens is 4. The van der Waals surface area contributed by atoms with Crippen molar-refractivity contribution in [2.75, 3.05) is 24.5 Å². The average molecular weight is 382 g/mol. The number of nitrogens with one attached hydrogen (secondary N) is 2. The molecule has 3 aromatic heterocycles. The van der Waals surface area contributed by atoms with E-state index in [0.717, 1.165) is 0 Å². The van der Waals surface area contributed by atoms with E-state index in [9.17, 15) is 17.6 Å². The molecule has 0 saturated carbocycles. The van der Waals surface area contributed by atoms with E-state index in [1.165, 1.54) is 12.1 Å². The Balaban J connectivity index is 0.00000225. The van der Waals surface area contributed by atoms with E-state index in [0.29, 0.717) is 35.6 Å².